The number of thiol groups is 1. The topological polar surface area (TPSA) is 0 Å². The summed E-state index contributed by atoms with van der Waals surface area (Å²) in [6.07, 6.45) is 4.34. The lowest BCUT2D eigenvalue weighted by Crippen LogP contribution is -2.15. The number of rotatable bonds is 0. The first kappa shape index (κ1) is 6.09. The fraction of sp³-hybridized carbons (Fsp3) is 1.00. The smallest absolute Gasteiger partial charge is 0.00480 e. The highest BCUT2D eigenvalue weighted by Crippen LogP contribution is 2.49. The predicted octanol–water partition coefficient (Wildman–Crippen LogP) is 2.35. The summed E-state index contributed by atoms with van der Waals surface area (Å²) in [5.74, 6) is 3.03. The molecule has 0 heterocycles. The minimum absolute atomic E-state index is 0.756. The Morgan fingerprint density at radius 2 is 1.89 bits per heavy atom. The lowest BCUT2D eigenvalue weighted by molar-refractivity contribution is 0.367. The predicted molar refractivity (Wildman–Crippen MR) is 42.8 cm³/mol. The maximum absolute atomic E-state index is 4.54. The van der Waals surface area contributed by atoms with Crippen molar-refractivity contribution >= 4 is 12.6 Å². The number of hydrogen-bond acceptors (Lipinski definition) is 1. The standard InChI is InChI=1S/C8H14S/c1-5-2-7-3-6(5)4-8(7)9/h5-9H,2-4H2,1H3. The molecular weight excluding hydrogens is 128 g/mol. The van der Waals surface area contributed by atoms with E-state index in [0.717, 1.165) is 23.0 Å². The van der Waals surface area contributed by atoms with Gasteiger partial charge in [-0.05, 0) is 37.0 Å². The summed E-state index contributed by atoms with van der Waals surface area (Å²) in [5, 5.41) is 0.756. The zero-order valence-corrected chi connectivity index (χ0v) is 6.77. The summed E-state index contributed by atoms with van der Waals surface area (Å²) >= 11 is 4.54. The summed E-state index contributed by atoms with van der Waals surface area (Å²) < 4.78 is 0. The summed E-state index contributed by atoms with van der Waals surface area (Å²) in [6, 6.07) is 0. The molecule has 2 saturated carbocycles. The van der Waals surface area contributed by atoms with Crippen molar-refractivity contribution in [2.45, 2.75) is 31.4 Å². The van der Waals surface area contributed by atoms with Crippen molar-refractivity contribution in [1.29, 1.82) is 0 Å². The van der Waals surface area contributed by atoms with E-state index in [1.807, 2.05) is 0 Å². The summed E-state index contributed by atoms with van der Waals surface area (Å²) in [4.78, 5) is 0. The average molecular weight is 142 g/mol. The zero-order valence-electron chi connectivity index (χ0n) is 5.88. The Bertz CT molecular complexity index is 104. The van der Waals surface area contributed by atoms with Gasteiger partial charge < -0.3 is 0 Å². The van der Waals surface area contributed by atoms with E-state index >= 15 is 0 Å². The maximum atomic E-state index is 4.54. The van der Waals surface area contributed by atoms with E-state index in [-0.39, 0.29) is 0 Å². The molecule has 0 aromatic carbocycles. The van der Waals surface area contributed by atoms with Crippen molar-refractivity contribution in [3.63, 3.8) is 0 Å². The van der Waals surface area contributed by atoms with Crippen LogP contribution in [0.25, 0.3) is 0 Å². The summed E-state index contributed by atoms with van der Waals surface area (Å²) in [6.45, 7) is 2.39. The second kappa shape index (κ2) is 1.91. The molecule has 52 valence electrons. The highest BCUT2D eigenvalue weighted by molar-refractivity contribution is 7.81. The Labute approximate surface area is 62.4 Å². The van der Waals surface area contributed by atoms with E-state index < -0.39 is 0 Å². The number of fused-ring (bicyclic) bond motifs is 2. The summed E-state index contributed by atoms with van der Waals surface area (Å²) in [7, 11) is 0. The van der Waals surface area contributed by atoms with Gasteiger partial charge in [-0.2, -0.15) is 12.6 Å². The van der Waals surface area contributed by atoms with Crippen LogP contribution in [0.3, 0.4) is 0 Å². The molecule has 2 aliphatic rings. The quantitative estimate of drug-likeness (QED) is 0.493. The van der Waals surface area contributed by atoms with Crippen LogP contribution in [-0.4, -0.2) is 5.25 Å². The van der Waals surface area contributed by atoms with E-state index in [2.05, 4.69) is 19.6 Å². The molecule has 0 saturated heterocycles. The maximum Gasteiger partial charge on any atom is 0.00480 e. The molecule has 0 aromatic rings. The fourth-order valence-electron chi connectivity index (χ4n) is 2.53. The second-order valence-electron chi connectivity index (χ2n) is 3.77. The average Bonchev–Trinajstić information content (AvgIpc) is 2.24. The number of hydrogen-bond donors (Lipinski definition) is 1. The van der Waals surface area contributed by atoms with Crippen LogP contribution in [0, 0.1) is 17.8 Å². The zero-order chi connectivity index (χ0) is 6.43. The molecule has 1 heteroatoms. The van der Waals surface area contributed by atoms with Crippen LogP contribution in [0.5, 0.6) is 0 Å². The molecule has 0 nitrogen and oxygen atoms in total. The molecular formula is C8H14S. The van der Waals surface area contributed by atoms with Crippen LogP contribution >= 0.6 is 12.6 Å². The van der Waals surface area contributed by atoms with Crippen molar-refractivity contribution in [3.05, 3.63) is 0 Å². The molecule has 2 bridgehead atoms. The molecule has 4 atom stereocenters. The van der Waals surface area contributed by atoms with E-state index in [4.69, 9.17) is 0 Å². The Kier molecular flexibility index (Phi) is 1.29. The SMILES string of the molecule is CC1CC2CC1CC2S. The molecule has 0 N–H and O–H groups in total. The highest BCUT2D eigenvalue weighted by atomic mass is 32.1. The third kappa shape index (κ3) is 0.813. The minimum Gasteiger partial charge on any atom is -0.176 e. The highest BCUT2D eigenvalue weighted by Gasteiger charge is 2.41. The normalized spacial score (nSPS) is 56.7. The third-order valence-electron chi connectivity index (χ3n) is 3.17. The van der Waals surface area contributed by atoms with Gasteiger partial charge >= 0.3 is 0 Å². The van der Waals surface area contributed by atoms with Crippen molar-refractivity contribution in [3.8, 4) is 0 Å². The molecule has 0 aliphatic heterocycles. The van der Waals surface area contributed by atoms with Gasteiger partial charge in [0, 0.05) is 5.25 Å². The largest absolute Gasteiger partial charge is 0.176 e. The van der Waals surface area contributed by atoms with Gasteiger partial charge in [-0.25, -0.2) is 0 Å². The molecule has 2 fully saturated rings. The molecule has 4 unspecified atom stereocenters. The molecule has 0 amide bonds. The Balaban J connectivity index is 2.10. The summed E-state index contributed by atoms with van der Waals surface area (Å²) in [5.41, 5.74) is 0. The fourth-order valence-corrected chi connectivity index (χ4v) is 3.05. The van der Waals surface area contributed by atoms with Gasteiger partial charge in [0.15, 0.2) is 0 Å². The van der Waals surface area contributed by atoms with Gasteiger partial charge in [-0.15, -0.1) is 0 Å². The van der Waals surface area contributed by atoms with Gasteiger partial charge in [-0.3, -0.25) is 0 Å². The monoisotopic (exact) mass is 142 g/mol. The van der Waals surface area contributed by atoms with Gasteiger partial charge in [-0.1, -0.05) is 6.92 Å². The first-order valence-electron chi connectivity index (χ1n) is 3.95. The van der Waals surface area contributed by atoms with Crippen LogP contribution in [0.4, 0.5) is 0 Å². The molecule has 2 aliphatic carbocycles. The van der Waals surface area contributed by atoms with Gasteiger partial charge in [0.25, 0.3) is 0 Å². The lowest BCUT2D eigenvalue weighted by atomic mass is 9.90. The van der Waals surface area contributed by atoms with Crippen molar-refractivity contribution in [2.75, 3.05) is 0 Å². The second-order valence-corrected chi connectivity index (χ2v) is 4.44. The first-order chi connectivity index (χ1) is 4.27. The molecule has 9 heavy (non-hydrogen) atoms. The Morgan fingerprint density at radius 1 is 1.11 bits per heavy atom. The molecule has 2 rings (SSSR count). The minimum atomic E-state index is 0.756. The van der Waals surface area contributed by atoms with Crippen LogP contribution in [0.15, 0.2) is 0 Å². The van der Waals surface area contributed by atoms with Crippen molar-refractivity contribution in [2.24, 2.45) is 17.8 Å². The van der Waals surface area contributed by atoms with Gasteiger partial charge in [0.05, 0.1) is 0 Å². The lowest BCUT2D eigenvalue weighted by Gasteiger charge is -2.21. The van der Waals surface area contributed by atoms with E-state index in [0.29, 0.717) is 0 Å². The first-order valence-corrected chi connectivity index (χ1v) is 4.47. The molecule has 0 radical (unpaired) electrons. The molecule has 0 spiro atoms. The van der Waals surface area contributed by atoms with E-state index in [1.165, 1.54) is 19.3 Å². The van der Waals surface area contributed by atoms with E-state index in [9.17, 15) is 0 Å². The third-order valence-corrected chi connectivity index (χ3v) is 3.81. The van der Waals surface area contributed by atoms with Gasteiger partial charge in [0.2, 0.25) is 0 Å². The van der Waals surface area contributed by atoms with Crippen LogP contribution in [-0.2, 0) is 0 Å². The van der Waals surface area contributed by atoms with E-state index in [1.54, 1.807) is 0 Å². The Hall–Kier alpha value is 0.350. The molecule has 0 aromatic heterocycles. The van der Waals surface area contributed by atoms with Crippen LogP contribution in [0.2, 0.25) is 0 Å². The van der Waals surface area contributed by atoms with Crippen LogP contribution in [0.1, 0.15) is 26.2 Å². The van der Waals surface area contributed by atoms with Gasteiger partial charge in [0.1, 0.15) is 0 Å². The van der Waals surface area contributed by atoms with Crippen molar-refractivity contribution < 1.29 is 0 Å². The van der Waals surface area contributed by atoms with Crippen molar-refractivity contribution in [1.82, 2.24) is 0 Å². The van der Waals surface area contributed by atoms with Crippen LogP contribution < -0.4 is 0 Å². The Morgan fingerprint density at radius 3 is 2.22 bits per heavy atom.